The fourth-order valence-corrected chi connectivity index (χ4v) is 3.37. The van der Waals surface area contributed by atoms with Crippen molar-refractivity contribution in [1.82, 2.24) is 14.6 Å². The predicted octanol–water partition coefficient (Wildman–Crippen LogP) is 1.60. The third kappa shape index (κ3) is 3.84. The van der Waals surface area contributed by atoms with Crippen LogP contribution in [0.1, 0.15) is 39.3 Å². The molecule has 0 bridgehead atoms. The van der Waals surface area contributed by atoms with Crippen LogP contribution in [-0.2, 0) is 23.6 Å². The zero-order chi connectivity index (χ0) is 14.9. The van der Waals surface area contributed by atoms with E-state index in [0.717, 1.165) is 12.2 Å². The largest absolute Gasteiger partial charge is 0.352 e. The van der Waals surface area contributed by atoms with E-state index in [9.17, 15) is 8.42 Å². The molecular formula is C14H25N3O2S. The van der Waals surface area contributed by atoms with Gasteiger partial charge in [0, 0.05) is 37.6 Å². The van der Waals surface area contributed by atoms with E-state index in [0.29, 0.717) is 10.9 Å². The maximum absolute atomic E-state index is 12.3. The fourth-order valence-electron chi connectivity index (χ4n) is 1.88. The lowest BCUT2D eigenvalue weighted by atomic mass is 10.1. The van der Waals surface area contributed by atoms with Crippen LogP contribution in [0, 0.1) is 5.92 Å². The van der Waals surface area contributed by atoms with E-state index < -0.39 is 10.0 Å². The first kappa shape index (κ1) is 15.5. The van der Waals surface area contributed by atoms with Crippen LogP contribution in [0.2, 0.25) is 0 Å². The SMILES string of the molecule is CC(C)C(C)NS(=O)(=O)c1cc(CNC2CC2)n(C)c1. The molecule has 1 aliphatic carbocycles. The number of sulfonamides is 1. The third-order valence-corrected chi connectivity index (χ3v) is 5.41. The minimum absolute atomic E-state index is 0.0757. The monoisotopic (exact) mass is 299 g/mol. The van der Waals surface area contributed by atoms with Gasteiger partial charge in [-0.25, -0.2) is 13.1 Å². The van der Waals surface area contributed by atoms with Crippen LogP contribution in [0.4, 0.5) is 0 Å². The van der Waals surface area contributed by atoms with Gasteiger partial charge in [-0.05, 0) is 31.7 Å². The molecule has 0 amide bonds. The molecule has 1 aliphatic rings. The minimum atomic E-state index is -3.43. The van der Waals surface area contributed by atoms with Crippen molar-refractivity contribution in [2.75, 3.05) is 0 Å². The quantitative estimate of drug-likeness (QED) is 0.804. The van der Waals surface area contributed by atoms with Gasteiger partial charge in [0.05, 0.1) is 4.90 Å². The van der Waals surface area contributed by atoms with Crippen molar-refractivity contribution in [3.05, 3.63) is 18.0 Å². The molecule has 2 N–H and O–H groups in total. The Morgan fingerprint density at radius 2 is 2.00 bits per heavy atom. The molecule has 1 fully saturated rings. The molecule has 0 spiro atoms. The van der Waals surface area contributed by atoms with Gasteiger partial charge >= 0.3 is 0 Å². The highest BCUT2D eigenvalue weighted by atomic mass is 32.2. The topological polar surface area (TPSA) is 63.1 Å². The number of hydrogen-bond acceptors (Lipinski definition) is 3. The minimum Gasteiger partial charge on any atom is -0.352 e. The number of rotatable bonds is 7. The average molecular weight is 299 g/mol. The van der Waals surface area contributed by atoms with Crippen molar-refractivity contribution in [3.8, 4) is 0 Å². The predicted molar refractivity (Wildman–Crippen MR) is 79.9 cm³/mol. The van der Waals surface area contributed by atoms with Gasteiger partial charge in [0.2, 0.25) is 10.0 Å². The lowest BCUT2D eigenvalue weighted by molar-refractivity contribution is 0.476. The van der Waals surface area contributed by atoms with Gasteiger partial charge in [-0.2, -0.15) is 0 Å². The molecule has 1 aromatic rings. The molecule has 1 aromatic heterocycles. The van der Waals surface area contributed by atoms with Crippen LogP contribution in [0.25, 0.3) is 0 Å². The van der Waals surface area contributed by atoms with E-state index in [1.54, 1.807) is 12.3 Å². The molecule has 0 radical (unpaired) electrons. The van der Waals surface area contributed by atoms with Crippen LogP contribution in [0.3, 0.4) is 0 Å². The molecule has 1 saturated carbocycles. The van der Waals surface area contributed by atoms with E-state index in [4.69, 9.17) is 0 Å². The summed E-state index contributed by atoms with van der Waals surface area (Å²) < 4.78 is 29.2. The Kier molecular flexibility index (Phi) is 4.56. The molecule has 0 saturated heterocycles. The van der Waals surface area contributed by atoms with E-state index in [-0.39, 0.29) is 12.0 Å². The highest BCUT2D eigenvalue weighted by Crippen LogP contribution is 2.20. The second-order valence-electron chi connectivity index (χ2n) is 6.09. The van der Waals surface area contributed by atoms with Crippen LogP contribution in [0.15, 0.2) is 17.2 Å². The van der Waals surface area contributed by atoms with Gasteiger partial charge in [0.25, 0.3) is 0 Å². The summed E-state index contributed by atoms with van der Waals surface area (Å²) in [6.45, 7) is 6.61. The van der Waals surface area contributed by atoms with Crippen molar-refractivity contribution in [1.29, 1.82) is 0 Å². The Morgan fingerprint density at radius 3 is 2.55 bits per heavy atom. The maximum Gasteiger partial charge on any atom is 0.242 e. The van der Waals surface area contributed by atoms with Crippen molar-refractivity contribution < 1.29 is 8.42 Å². The Labute approximate surface area is 121 Å². The molecule has 1 unspecified atom stereocenters. The second kappa shape index (κ2) is 5.87. The number of aryl methyl sites for hydroxylation is 1. The zero-order valence-electron chi connectivity index (χ0n) is 12.7. The Morgan fingerprint density at radius 1 is 1.35 bits per heavy atom. The first-order valence-electron chi connectivity index (χ1n) is 7.20. The summed E-state index contributed by atoms with van der Waals surface area (Å²) in [4.78, 5) is 0.347. The fraction of sp³-hybridized carbons (Fsp3) is 0.714. The molecule has 5 nitrogen and oxygen atoms in total. The summed E-state index contributed by atoms with van der Waals surface area (Å²) in [6, 6.07) is 2.29. The van der Waals surface area contributed by atoms with E-state index in [1.807, 2.05) is 32.4 Å². The normalized spacial score (nSPS) is 17.6. The van der Waals surface area contributed by atoms with Crippen molar-refractivity contribution in [3.63, 3.8) is 0 Å². The summed E-state index contributed by atoms with van der Waals surface area (Å²) in [5.41, 5.74) is 0.995. The molecule has 0 aromatic carbocycles. The molecule has 20 heavy (non-hydrogen) atoms. The summed E-state index contributed by atoms with van der Waals surface area (Å²) in [7, 11) is -1.54. The highest BCUT2D eigenvalue weighted by Gasteiger charge is 2.23. The standard InChI is InChI=1S/C14H25N3O2S/c1-10(2)11(3)16-20(18,19)14-7-13(17(4)9-14)8-15-12-5-6-12/h7,9-12,15-16H,5-6,8H2,1-4H3. The Hall–Kier alpha value is -0.850. The van der Waals surface area contributed by atoms with Gasteiger partial charge in [0.15, 0.2) is 0 Å². The zero-order valence-corrected chi connectivity index (χ0v) is 13.5. The van der Waals surface area contributed by atoms with Crippen molar-refractivity contribution >= 4 is 10.0 Å². The molecule has 1 atom stereocenters. The molecule has 1 heterocycles. The molecule has 6 heteroatoms. The smallest absolute Gasteiger partial charge is 0.242 e. The third-order valence-electron chi connectivity index (χ3n) is 3.88. The van der Waals surface area contributed by atoms with Crippen molar-refractivity contribution in [2.45, 2.75) is 57.1 Å². The average Bonchev–Trinajstić information content (AvgIpc) is 3.09. The Bertz CT molecular complexity index is 559. The molecular weight excluding hydrogens is 274 g/mol. The number of nitrogens with one attached hydrogen (secondary N) is 2. The van der Waals surface area contributed by atoms with Crippen LogP contribution in [0.5, 0.6) is 0 Å². The first-order chi connectivity index (χ1) is 9.29. The van der Waals surface area contributed by atoms with Crippen LogP contribution >= 0.6 is 0 Å². The first-order valence-corrected chi connectivity index (χ1v) is 8.69. The maximum atomic E-state index is 12.3. The van der Waals surface area contributed by atoms with Gasteiger partial charge in [0.1, 0.15) is 0 Å². The van der Waals surface area contributed by atoms with Crippen molar-refractivity contribution in [2.24, 2.45) is 13.0 Å². The number of hydrogen-bond donors (Lipinski definition) is 2. The van der Waals surface area contributed by atoms with Gasteiger partial charge in [-0.15, -0.1) is 0 Å². The Balaban J connectivity index is 2.08. The summed E-state index contributed by atoms with van der Waals surface area (Å²) in [5.74, 6) is 0.268. The number of aromatic nitrogens is 1. The summed E-state index contributed by atoms with van der Waals surface area (Å²) >= 11 is 0. The lowest BCUT2D eigenvalue weighted by Gasteiger charge is -2.16. The van der Waals surface area contributed by atoms with Crippen LogP contribution < -0.4 is 10.0 Å². The summed E-state index contributed by atoms with van der Waals surface area (Å²) in [5, 5.41) is 3.40. The van der Waals surface area contributed by atoms with E-state index in [2.05, 4.69) is 10.0 Å². The van der Waals surface area contributed by atoms with Gasteiger partial charge in [-0.1, -0.05) is 13.8 Å². The molecule has 2 rings (SSSR count). The highest BCUT2D eigenvalue weighted by molar-refractivity contribution is 7.89. The summed E-state index contributed by atoms with van der Waals surface area (Å²) in [6.07, 6.45) is 4.13. The van der Waals surface area contributed by atoms with Gasteiger partial charge < -0.3 is 9.88 Å². The number of nitrogens with zero attached hydrogens (tertiary/aromatic N) is 1. The van der Waals surface area contributed by atoms with E-state index in [1.165, 1.54) is 12.8 Å². The van der Waals surface area contributed by atoms with Crippen LogP contribution in [-0.4, -0.2) is 25.1 Å². The van der Waals surface area contributed by atoms with Gasteiger partial charge in [-0.3, -0.25) is 0 Å². The second-order valence-corrected chi connectivity index (χ2v) is 7.80. The molecule has 0 aliphatic heterocycles. The lowest BCUT2D eigenvalue weighted by Crippen LogP contribution is -2.35. The van der Waals surface area contributed by atoms with E-state index >= 15 is 0 Å². The molecule has 114 valence electrons.